The van der Waals surface area contributed by atoms with Crippen LogP contribution in [-0.4, -0.2) is 27.1 Å². The van der Waals surface area contributed by atoms with Crippen LogP contribution in [0, 0.1) is 22.7 Å². The number of rotatable bonds is 2. The van der Waals surface area contributed by atoms with E-state index >= 15 is 0 Å². The Morgan fingerprint density at radius 2 is 1.94 bits per heavy atom. The molecule has 5 nitrogen and oxygen atoms in total. The second-order valence-electron chi connectivity index (χ2n) is 11.7. The number of aromatic nitrogens is 3. The molecule has 5 heteroatoms. The smallest absolute Gasteiger partial charge is 0.311 e. The highest BCUT2D eigenvalue weighted by molar-refractivity contribution is 5.76. The minimum absolute atomic E-state index is 0.000827. The molecule has 0 spiro atoms. The molecule has 1 fully saturated rings. The van der Waals surface area contributed by atoms with Crippen molar-refractivity contribution in [3.05, 3.63) is 65.7 Å². The van der Waals surface area contributed by atoms with Crippen molar-refractivity contribution in [3.63, 3.8) is 0 Å². The van der Waals surface area contributed by atoms with E-state index in [-0.39, 0.29) is 17.5 Å². The van der Waals surface area contributed by atoms with Gasteiger partial charge in [0.1, 0.15) is 11.6 Å². The molecule has 1 heterocycles. The summed E-state index contributed by atoms with van der Waals surface area (Å²) >= 11 is 0. The number of hydrogen-bond donors (Lipinski definition) is 0. The molecule has 0 aliphatic heterocycles. The summed E-state index contributed by atoms with van der Waals surface area (Å²) in [5.74, 6) is 1.51. The van der Waals surface area contributed by atoms with Crippen molar-refractivity contribution in [1.82, 2.24) is 15.0 Å². The first-order chi connectivity index (χ1) is 16.3. The largest absolute Gasteiger partial charge is 0.457 e. The van der Waals surface area contributed by atoms with E-state index in [0.717, 1.165) is 36.0 Å². The maximum absolute atomic E-state index is 12.6. The predicted octanol–water partition coefficient (Wildman–Crippen LogP) is 6.01. The third-order valence-corrected chi connectivity index (χ3v) is 8.59. The Labute approximate surface area is 201 Å². The van der Waals surface area contributed by atoms with Crippen molar-refractivity contribution >= 4 is 17.0 Å². The number of fused-ring (bicyclic) bond motifs is 6. The summed E-state index contributed by atoms with van der Waals surface area (Å²) in [6.45, 7) is 8.13. The highest BCUT2D eigenvalue weighted by Gasteiger charge is 2.54. The van der Waals surface area contributed by atoms with Gasteiger partial charge in [0, 0.05) is 5.41 Å². The average Bonchev–Trinajstić information content (AvgIpc) is 3.39. The van der Waals surface area contributed by atoms with Crippen molar-refractivity contribution in [3.8, 4) is 5.69 Å². The molecule has 1 aromatic heterocycles. The Morgan fingerprint density at radius 3 is 2.76 bits per heavy atom. The van der Waals surface area contributed by atoms with Crippen LogP contribution in [0.4, 0.5) is 0 Å². The van der Waals surface area contributed by atoms with Crippen molar-refractivity contribution in [2.24, 2.45) is 22.7 Å². The molecule has 2 aromatic carbocycles. The van der Waals surface area contributed by atoms with E-state index in [1.54, 1.807) is 0 Å². The van der Waals surface area contributed by atoms with Gasteiger partial charge in [0.2, 0.25) is 0 Å². The second-order valence-corrected chi connectivity index (χ2v) is 11.7. The molecule has 0 saturated heterocycles. The summed E-state index contributed by atoms with van der Waals surface area (Å²) < 4.78 is 8.00. The molecule has 0 radical (unpaired) electrons. The Kier molecular flexibility index (Phi) is 4.78. The number of aryl methyl sites for hydroxylation is 1. The number of para-hydroxylation sites is 1. The Hall–Kier alpha value is -2.95. The van der Waals surface area contributed by atoms with E-state index in [1.807, 2.05) is 43.7 Å². The standard InChI is InChI=1S/C29H33N3O2/c1-28(2,3)27(33)34-26-14-13-23-22-11-9-18-17-19(32-25-8-6-5-7-24(25)30-31-32)10-12-20(18)21(22)15-16-29(23,26)4/h5-8,10,12-14,17,21-23,26H,9,11,15-16H2,1-4H3/t21?,22?,23?,26-,29-/m0/s1. The number of allylic oxidation sites excluding steroid dienone is 1. The predicted molar refractivity (Wildman–Crippen MR) is 133 cm³/mol. The second kappa shape index (κ2) is 7.53. The minimum atomic E-state index is -0.476. The number of esters is 1. The molecule has 34 heavy (non-hydrogen) atoms. The van der Waals surface area contributed by atoms with Gasteiger partial charge < -0.3 is 4.74 Å². The third kappa shape index (κ3) is 3.24. The van der Waals surface area contributed by atoms with Gasteiger partial charge in [0.15, 0.2) is 0 Å². The molecule has 0 N–H and O–H groups in total. The van der Waals surface area contributed by atoms with Crippen LogP contribution in [0.25, 0.3) is 16.7 Å². The van der Waals surface area contributed by atoms with Crippen molar-refractivity contribution in [2.45, 2.75) is 65.4 Å². The van der Waals surface area contributed by atoms with Gasteiger partial charge in [0.05, 0.1) is 16.6 Å². The van der Waals surface area contributed by atoms with E-state index in [4.69, 9.17) is 4.74 Å². The molecule has 3 aliphatic carbocycles. The van der Waals surface area contributed by atoms with Crippen LogP contribution in [0.15, 0.2) is 54.6 Å². The fourth-order valence-electron chi connectivity index (χ4n) is 6.64. The Bertz CT molecular complexity index is 1300. The SMILES string of the molecule is CC(C)(C)C(=O)O[C@H]1C=CC2C3CCc4cc(-n5nnc6ccccc65)ccc4C3CC[C@@]21C. The maximum Gasteiger partial charge on any atom is 0.311 e. The summed E-state index contributed by atoms with van der Waals surface area (Å²) in [5, 5.41) is 8.74. The highest BCUT2D eigenvalue weighted by Crippen LogP contribution is 2.59. The monoisotopic (exact) mass is 455 g/mol. The highest BCUT2D eigenvalue weighted by atomic mass is 16.5. The number of benzene rings is 2. The third-order valence-electron chi connectivity index (χ3n) is 8.59. The van der Waals surface area contributed by atoms with Crippen LogP contribution in [0.2, 0.25) is 0 Å². The summed E-state index contributed by atoms with van der Waals surface area (Å²) in [6.07, 6.45) is 8.87. The summed E-state index contributed by atoms with van der Waals surface area (Å²) in [6, 6.07) is 15.0. The normalized spacial score (nSPS) is 30.0. The topological polar surface area (TPSA) is 57.0 Å². The number of carbonyl (C=O) groups is 1. The molecule has 1 saturated carbocycles. The van der Waals surface area contributed by atoms with E-state index in [2.05, 4.69) is 53.7 Å². The van der Waals surface area contributed by atoms with Crippen LogP contribution in [0.3, 0.4) is 0 Å². The van der Waals surface area contributed by atoms with Gasteiger partial charge in [-0.25, -0.2) is 4.68 Å². The van der Waals surface area contributed by atoms with Crippen molar-refractivity contribution in [2.75, 3.05) is 0 Å². The lowest BCUT2D eigenvalue weighted by molar-refractivity contribution is -0.164. The number of carbonyl (C=O) groups excluding carboxylic acids is 1. The Balaban J connectivity index is 1.27. The number of nitrogens with zero attached hydrogens (tertiary/aromatic N) is 3. The number of ether oxygens (including phenoxy) is 1. The zero-order valence-corrected chi connectivity index (χ0v) is 20.5. The van der Waals surface area contributed by atoms with Crippen LogP contribution in [0.5, 0.6) is 0 Å². The van der Waals surface area contributed by atoms with Gasteiger partial charge >= 0.3 is 5.97 Å². The summed E-state index contributed by atoms with van der Waals surface area (Å²) in [5.41, 5.74) is 5.50. The van der Waals surface area contributed by atoms with Crippen LogP contribution in [0.1, 0.15) is 64.0 Å². The summed E-state index contributed by atoms with van der Waals surface area (Å²) in [4.78, 5) is 12.6. The van der Waals surface area contributed by atoms with Crippen LogP contribution in [-0.2, 0) is 16.0 Å². The van der Waals surface area contributed by atoms with E-state index < -0.39 is 5.41 Å². The van der Waals surface area contributed by atoms with E-state index in [0.29, 0.717) is 17.8 Å². The van der Waals surface area contributed by atoms with Crippen LogP contribution >= 0.6 is 0 Å². The van der Waals surface area contributed by atoms with Gasteiger partial charge in [-0.15, -0.1) is 5.10 Å². The zero-order valence-electron chi connectivity index (χ0n) is 20.5. The van der Waals surface area contributed by atoms with Crippen molar-refractivity contribution in [1.29, 1.82) is 0 Å². The first kappa shape index (κ1) is 21.6. The van der Waals surface area contributed by atoms with Gasteiger partial charge in [-0.1, -0.05) is 36.4 Å². The fraction of sp³-hybridized carbons (Fsp3) is 0.483. The van der Waals surface area contributed by atoms with Gasteiger partial charge in [-0.05, 0) is 106 Å². The molecule has 0 bridgehead atoms. The average molecular weight is 456 g/mol. The fourth-order valence-corrected chi connectivity index (χ4v) is 6.64. The quantitative estimate of drug-likeness (QED) is 0.351. The minimum Gasteiger partial charge on any atom is -0.457 e. The number of hydrogen-bond acceptors (Lipinski definition) is 4. The van der Waals surface area contributed by atoms with Gasteiger partial charge in [-0.2, -0.15) is 0 Å². The summed E-state index contributed by atoms with van der Waals surface area (Å²) in [7, 11) is 0. The molecular formula is C29H33N3O2. The lowest BCUT2D eigenvalue weighted by Crippen LogP contribution is -2.46. The van der Waals surface area contributed by atoms with E-state index in [1.165, 1.54) is 17.5 Å². The molecule has 6 rings (SSSR count). The molecule has 3 aromatic rings. The van der Waals surface area contributed by atoms with Gasteiger partial charge in [-0.3, -0.25) is 4.79 Å². The molecule has 3 unspecified atom stereocenters. The maximum atomic E-state index is 12.6. The molecule has 176 valence electrons. The van der Waals surface area contributed by atoms with Crippen LogP contribution < -0.4 is 0 Å². The zero-order chi connectivity index (χ0) is 23.7. The Morgan fingerprint density at radius 1 is 1.12 bits per heavy atom. The molecule has 5 atom stereocenters. The first-order valence-corrected chi connectivity index (χ1v) is 12.6. The van der Waals surface area contributed by atoms with Gasteiger partial charge in [0.25, 0.3) is 0 Å². The molecule has 3 aliphatic rings. The van der Waals surface area contributed by atoms with E-state index in [9.17, 15) is 4.79 Å². The lowest BCUT2D eigenvalue weighted by atomic mass is 9.55. The molecular weight excluding hydrogens is 422 g/mol. The van der Waals surface area contributed by atoms with Crippen molar-refractivity contribution < 1.29 is 9.53 Å². The lowest BCUT2D eigenvalue weighted by Gasteiger charge is -2.50. The molecule has 0 amide bonds. The first-order valence-electron chi connectivity index (χ1n) is 12.6.